The van der Waals surface area contributed by atoms with Gasteiger partial charge >= 0.3 is 0 Å². The zero-order valence-electron chi connectivity index (χ0n) is 7.90. The third-order valence-corrected chi connectivity index (χ3v) is 2.02. The Labute approximate surface area is 76.2 Å². The SMILES string of the molecule is COc1nc2c(cc1C)ncn2C. The standard InChI is InChI=1S/C9H11N3O/c1-6-4-7-8(11-9(6)13-3)12(2)5-10-7/h4-5H,1-3H3. The largest absolute Gasteiger partial charge is 0.481 e. The van der Waals surface area contributed by atoms with Gasteiger partial charge in [-0.05, 0) is 13.0 Å². The molecule has 0 aliphatic heterocycles. The lowest BCUT2D eigenvalue weighted by Gasteiger charge is -2.02. The normalized spacial score (nSPS) is 10.7. The molecule has 0 aliphatic rings. The van der Waals surface area contributed by atoms with Crippen LogP contribution in [0.1, 0.15) is 5.56 Å². The van der Waals surface area contributed by atoms with Gasteiger partial charge in [-0.25, -0.2) is 4.98 Å². The molecule has 0 unspecified atom stereocenters. The number of nitrogens with zero attached hydrogens (tertiary/aromatic N) is 3. The fourth-order valence-corrected chi connectivity index (χ4v) is 1.34. The number of hydrogen-bond acceptors (Lipinski definition) is 3. The van der Waals surface area contributed by atoms with E-state index in [-0.39, 0.29) is 0 Å². The molecule has 0 amide bonds. The molecular weight excluding hydrogens is 166 g/mol. The van der Waals surface area contributed by atoms with Gasteiger partial charge in [0.2, 0.25) is 5.88 Å². The molecule has 0 bridgehead atoms. The highest BCUT2D eigenvalue weighted by atomic mass is 16.5. The van der Waals surface area contributed by atoms with Crippen LogP contribution in [0.25, 0.3) is 11.2 Å². The van der Waals surface area contributed by atoms with Gasteiger partial charge in [0.25, 0.3) is 0 Å². The van der Waals surface area contributed by atoms with Gasteiger partial charge in [0.05, 0.1) is 13.4 Å². The smallest absolute Gasteiger partial charge is 0.218 e. The van der Waals surface area contributed by atoms with Crippen molar-refractivity contribution in [2.75, 3.05) is 7.11 Å². The van der Waals surface area contributed by atoms with Gasteiger partial charge in [-0.15, -0.1) is 0 Å². The number of ether oxygens (including phenoxy) is 1. The maximum absolute atomic E-state index is 5.13. The number of methoxy groups -OCH3 is 1. The summed E-state index contributed by atoms with van der Waals surface area (Å²) in [5.41, 5.74) is 2.76. The summed E-state index contributed by atoms with van der Waals surface area (Å²) in [5, 5.41) is 0. The first-order valence-corrected chi connectivity index (χ1v) is 4.05. The van der Waals surface area contributed by atoms with Gasteiger partial charge in [-0.1, -0.05) is 0 Å². The van der Waals surface area contributed by atoms with Crippen LogP contribution in [0.5, 0.6) is 5.88 Å². The molecule has 4 heteroatoms. The molecule has 0 radical (unpaired) electrons. The highest BCUT2D eigenvalue weighted by Crippen LogP contribution is 2.19. The molecule has 2 aromatic rings. The van der Waals surface area contributed by atoms with Gasteiger partial charge < -0.3 is 9.30 Å². The van der Waals surface area contributed by atoms with E-state index in [4.69, 9.17) is 4.74 Å². The Morgan fingerprint density at radius 2 is 2.23 bits per heavy atom. The van der Waals surface area contributed by atoms with E-state index in [0.29, 0.717) is 5.88 Å². The molecule has 13 heavy (non-hydrogen) atoms. The van der Waals surface area contributed by atoms with E-state index in [0.717, 1.165) is 16.7 Å². The number of pyridine rings is 1. The highest BCUT2D eigenvalue weighted by Gasteiger charge is 2.06. The minimum atomic E-state index is 0.663. The van der Waals surface area contributed by atoms with Crippen LogP contribution < -0.4 is 4.74 Å². The monoisotopic (exact) mass is 177 g/mol. The van der Waals surface area contributed by atoms with Gasteiger partial charge in [-0.3, -0.25) is 0 Å². The van der Waals surface area contributed by atoms with E-state index >= 15 is 0 Å². The second kappa shape index (κ2) is 2.73. The summed E-state index contributed by atoms with van der Waals surface area (Å²) >= 11 is 0. The number of fused-ring (bicyclic) bond motifs is 1. The molecule has 0 aromatic carbocycles. The molecule has 0 spiro atoms. The second-order valence-electron chi connectivity index (χ2n) is 3.01. The van der Waals surface area contributed by atoms with Crippen molar-refractivity contribution in [3.8, 4) is 5.88 Å². The van der Waals surface area contributed by atoms with Crippen LogP contribution in [0, 0.1) is 6.92 Å². The molecule has 2 aromatic heterocycles. The van der Waals surface area contributed by atoms with Crippen molar-refractivity contribution in [1.82, 2.24) is 14.5 Å². The maximum Gasteiger partial charge on any atom is 0.218 e. The predicted molar refractivity (Wildman–Crippen MR) is 49.8 cm³/mol. The molecule has 4 nitrogen and oxygen atoms in total. The number of imidazole rings is 1. The number of rotatable bonds is 1. The quantitative estimate of drug-likeness (QED) is 0.658. The van der Waals surface area contributed by atoms with Crippen molar-refractivity contribution in [3.63, 3.8) is 0 Å². The molecule has 0 aliphatic carbocycles. The van der Waals surface area contributed by atoms with Crippen molar-refractivity contribution in [2.24, 2.45) is 7.05 Å². The van der Waals surface area contributed by atoms with E-state index in [2.05, 4.69) is 9.97 Å². The van der Waals surface area contributed by atoms with Crippen molar-refractivity contribution in [1.29, 1.82) is 0 Å². The average Bonchev–Trinajstić information content (AvgIpc) is 2.46. The first-order chi connectivity index (χ1) is 6.22. The van der Waals surface area contributed by atoms with Crippen molar-refractivity contribution in [2.45, 2.75) is 6.92 Å². The molecule has 0 saturated heterocycles. The summed E-state index contributed by atoms with van der Waals surface area (Å²) in [4.78, 5) is 8.53. The third-order valence-electron chi connectivity index (χ3n) is 2.02. The summed E-state index contributed by atoms with van der Waals surface area (Å²) in [6, 6.07) is 1.97. The molecule has 2 heterocycles. The first kappa shape index (κ1) is 8.04. The lowest BCUT2D eigenvalue weighted by molar-refractivity contribution is 0.396. The first-order valence-electron chi connectivity index (χ1n) is 4.05. The minimum absolute atomic E-state index is 0.663. The minimum Gasteiger partial charge on any atom is -0.481 e. The van der Waals surface area contributed by atoms with E-state index in [1.165, 1.54) is 0 Å². The molecule has 0 fully saturated rings. The van der Waals surface area contributed by atoms with Gasteiger partial charge in [0.1, 0.15) is 5.52 Å². The summed E-state index contributed by atoms with van der Waals surface area (Å²) in [7, 11) is 3.54. The molecule has 0 N–H and O–H groups in total. The van der Waals surface area contributed by atoms with Crippen LogP contribution in [0.15, 0.2) is 12.4 Å². The third kappa shape index (κ3) is 1.14. The molecule has 0 atom stereocenters. The van der Waals surface area contributed by atoms with Crippen LogP contribution in [0.2, 0.25) is 0 Å². The van der Waals surface area contributed by atoms with Crippen LogP contribution in [-0.2, 0) is 7.05 Å². The maximum atomic E-state index is 5.13. The Hall–Kier alpha value is -1.58. The zero-order chi connectivity index (χ0) is 9.42. The van der Waals surface area contributed by atoms with E-state index < -0.39 is 0 Å². The Bertz CT molecular complexity index is 447. The van der Waals surface area contributed by atoms with Crippen molar-refractivity contribution in [3.05, 3.63) is 18.0 Å². The molecule has 2 rings (SSSR count). The summed E-state index contributed by atoms with van der Waals surface area (Å²) in [6.07, 6.45) is 1.75. The van der Waals surface area contributed by atoms with Crippen LogP contribution in [-0.4, -0.2) is 21.6 Å². The second-order valence-corrected chi connectivity index (χ2v) is 3.01. The lowest BCUT2D eigenvalue weighted by atomic mass is 10.3. The summed E-state index contributed by atoms with van der Waals surface area (Å²) < 4.78 is 7.00. The topological polar surface area (TPSA) is 39.9 Å². The van der Waals surface area contributed by atoms with Gasteiger partial charge in [-0.2, -0.15) is 4.98 Å². The molecular formula is C9H11N3O. The van der Waals surface area contributed by atoms with Gasteiger partial charge in [0.15, 0.2) is 5.65 Å². The number of aromatic nitrogens is 3. The van der Waals surface area contributed by atoms with E-state index in [1.807, 2.05) is 24.6 Å². The van der Waals surface area contributed by atoms with Crippen LogP contribution in [0.3, 0.4) is 0 Å². The lowest BCUT2D eigenvalue weighted by Crippen LogP contribution is -1.94. The van der Waals surface area contributed by atoms with E-state index in [9.17, 15) is 0 Å². The van der Waals surface area contributed by atoms with Gasteiger partial charge in [0, 0.05) is 12.6 Å². The summed E-state index contributed by atoms with van der Waals surface area (Å²) in [5.74, 6) is 0.663. The number of aryl methyl sites for hydroxylation is 2. The van der Waals surface area contributed by atoms with Crippen LogP contribution >= 0.6 is 0 Å². The Kier molecular flexibility index (Phi) is 1.69. The number of hydrogen-bond donors (Lipinski definition) is 0. The van der Waals surface area contributed by atoms with Crippen molar-refractivity contribution < 1.29 is 4.74 Å². The average molecular weight is 177 g/mol. The Balaban J connectivity index is 2.77. The van der Waals surface area contributed by atoms with Crippen molar-refractivity contribution >= 4 is 11.2 Å². The van der Waals surface area contributed by atoms with Crippen LogP contribution in [0.4, 0.5) is 0 Å². The fourth-order valence-electron chi connectivity index (χ4n) is 1.34. The predicted octanol–water partition coefficient (Wildman–Crippen LogP) is 1.29. The van der Waals surface area contributed by atoms with E-state index in [1.54, 1.807) is 13.4 Å². The molecule has 0 saturated carbocycles. The zero-order valence-corrected chi connectivity index (χ0v) is 7.90. The summed E-state index contributed by atoms with van der Waals surface area (Å²) in [6.45, 7) is 1.96. The Morgan fingerprint density at radius 1 is 1.46 bits per heavy atom. The fraction of sp³-hybridized carbons (Fsp3) is 0.333. The molecule has 68 valence electrons. The highest BCUT2D eigenvalue weighted by molar-refractivity contribution is 5.72. The Morgan fingerprint density at radius 3 is 2.92 bits per heavy atom.